The lowest BCUT2D eigenvalue weighted by molar-refractivity contribution is 0.0980. The molecule has 27 heavy (non-hydrogen) atoms. The van der Waals surface area contributed by atoms with E-state index >= 15 is 0 Å². The molecule has 2 aliphatic rings. The Morgan fingerprint density at radius 1 is 1.19 bits per heavy atom. The number of pyridine rings is 1. The highest BCUT2D eigenvalue weighted by Crippen LogP contribution is 2.53. The number of hydrogen-bond acceptors (Lipinski definition) is 2. The second-order valence-electron chi connectivity index (χ2n) is 7.40. The summed E-state index contributed by atoms with van der Waals surface area (Å²) in [5, 5.41) is 1.06. The first-order chi connectivity index (χ1) is 13.0. The van der Waals surface area contributed by atoms with Crippen LogP contribution >= 0.6 is 11.6 Å². The lowest BCUT2D eigenvalue weighted by atomic mass is 9.65. The van der Waals surface area contributed by atoms with Crippen molar-refractivity contribution in [3.63, 3.8) is 0 Å². The van der Waals surface area contributed by atoms with E-state index in [0.717, 1.165) is 19.3 Å². The summed E-state index contributed by atoms with van der Waals surface area (Å²) in [5.74, 6) is -0.565. The normalized spacial score (nSPS) is 17.2. The average Bonchev–Trinajstić information content (AvgIpc) is 2.98. The lowest BCUT2D eigenvalue weighted by Crippen LogP contribution is -2.42. The van der Waals surface area contributed by atoms with Gasteiger partial charge in [0, 0.05) is 39.5 Å². The van der Waals surface area contributed by atoms with Crippen LogP contribution in [0, 0.1) is 5.82 Å². The van der Waals surface area contributed by atoms with Crippen LogP contribution in [0.2, 0.25) is 5.02 Å². The summed E-state index contributed by atoms with van der Waals surface area (Å²) in [6.45, 7) is 0.441. The number of nitrogens with zero attached hydrogens (tertiary/aromatic N) is 1. The molecule has 1 aliphatic heterocycles. The van der Waals surface area contributed by atoms with Crippen LogP contribution < -0.4 is 10.5 Å². The Hall–Kier alpha value is -2.66. The number of anilines is 1. The third-order valence-electron chi connectivity index (χ3n) is 5.86. The molecule has 1 spiro atoms. The average molecular weight is 383 g/mol. The molecule has 4 nitrogen and oxygen atoms in total. The molecule has 2 heterocycles. The van der Waals surface area contributed by atoms with Crippen LogP contribution in [0.5, 0.6) is 0 Å². The SMILES string of the molecule is O=C(c1cc(=O)[nH]c2ccc(Cl)cc12)N1CC2(CCC2)c2c(F)cccc21. The van der Waals surface area contributed by atoms with Gasteiger partial charge in [0.2, 0.25) is 5.56 Å². The number of aromatic amines is 1. The van der Waals surface area contributed by atoms with Gasteiger partial charge in [0.15, 0.2) is 0 Å². The molecule has 0 saturated heterocycles. The fraction of sp³-hybridized carbons (Fsp3) is 0.238. The largest absolute Gasteiger partial charge is 0.322 e. The number of aromatic nitrogens is 1. The topological polar surface area (TPSA) is 53.2 Å². The van der Waals surface area contributed by atoms with Gasteiger partial charge < -0.3 is 9.88 Å². The molecule has 1 aromatic heterocycles. The first-order valence-corrected chi connectivity index (χ1v) is 9.30. The van der Waals surface area contributed by atoms with Gasteiger partial charge >= 0.3 is 0 Å². The maximum Gasteiger partial charge on any atom is 0.259 e. The minimum atomic E-state index is -0.356. The molecule has 1 amide bonds. The molecule has 0 radical (unpaired) electrons. The third-order valence-corrected chi connectivity index (χ3v) is 6.10. The molecule has 136 valence electrons. The second-order valence-corrected chi connectivity index (χ2v) is 7.83. The quantitative estimate of drug-likeness (QED) is 0.678. The highest BCUT2D eigenvalue weighted by atomic mass is 35.5. The number of carbonyl (C=O) groups excluding carboxylic acids is 1. The van der Waals surface area contributed by atoms with Crippen LogP contribution in [0.25, 0.3) is 10.9 Å². The number of halogens is 2. The summed E-state index contributed by atoms with van der Waals surface area (Å²) < 4.78 is 14.6. The van der Waals surface area contributed by atoms with Crippen LogP contribution in [0.3, 0.4) is 0 Å². The molecular weight excluding hydrogens is 367 g/mol. The van der Waals surface area contributed by atoms with Crippen molar-refractivity contribution >= 4 is 34.1 Å². The van der Waals surface area contributed by atoms with Crippen LogP contribution in [0.1, 0.15) is 35.2 Å². The van der Waals surface area contributed by atoms with E-state index in [0.29, 0.717) is 33.7 Å². The minimum absolute atomic E-state index is 0.263. The Bertz CT molecular complexity index is 1170. The Morgan fingerprint density at radius 2 is 2.00 bits per heavy atom. The number of rotatable bonds is 1. The fourth-order valence-corrected chi connectivity index (χ4v) is 4.64. The van der Waals surface area contributed by atoms with Gasteiger partial charge in [-0.25, -0.2) is 4.39 Å². The summed E-state index contributed by atoms with van der Waals surface area (Å²) in [6.07, 6.45) is 2.76. The summed E-state index contributed by atoms with van der Waals surface area (Å²) in [5.41, 5.74) is 1.41. The predicted octanol–water partition coefficient (Wildman–Crippen LogP) is 4.40. The van der Waals surface area contributed by atoms with Crippen molar-refractivity contribution in [1.82, 2.24) is 4.98 Å². The molecule has 2 aromatic carbocycles. The van der Waals surface area contributed by atoms with E-state index in [4.69, 9.17) is 11.6 Å². The van der Waals surface area contributed by atoms with Gasteiger partial charge in [0.25, 0.3) is 5.91 Å². The van der Waals surface area contributed by atoms with Gasteiger partial charge in [-0.1, -0.05) is 24.1 Å². The van der Waals surface area contributed by atoms with E-state index in [-0.39, 0.29) is 28.3 Å². The second kappa shape index (κ2) is 5.67. The van der Waals surface area contributed by atoms with Crippen molar-refractivity contribution in [3.8, 4) is 0 Å². The molecule has 5 rings (SSSR count). The molecular formula is C21H16ClFN2O2. The molecule has 0 unspecified atom stereocenters. The van der Waals surface area contributed by atoms with Crippen molar-refractivity contribution in [3.05, 3.63) is 74.8 Å². The van der Waals surface area contributed by atoms with Crippen molar-refractivity contribution in [2.24, 2.45) is 0 Å². The Morgan fingerprint density at radius 3 is 2.74 bits per heavy atom. The highest BCUT2D eigenvalue weighted by molar-refractivity contribution is 6.31. The van der Waals surface area contributed by atoms with Crippen molar-refractivity contribution in [2.45, 2.75) is 24.7 Å². The number of fused-ring (bicyclic) bond motifs is 3. The van der Waals surface area contributed by atoms with E-state index in [2.05, 4.69) is 4.98 Å². The summed E-state index contributed by atoms with van der Waals surface area (Å²) >= 11 is 6.11. The first-order valence-electron chi connectivity index (χ1n) is 8.92. The van der Waals surface area contributed by atoms with Crippen molar-refractivity contribution in [1.29, 1.82) is 0 Å². The monoisotopic (exact) mass is 382 g/mol. The van der Waals surface area contributed by atoms with Gasteiger partial charge in [-0.3, -0.25) is 9.59 Å². The molecule has 1 N–H and O–H groups in total. The maximum absolute atomic E-state index is 14.6. The van der Waals surface area contributed by atoms with Gasteiger partial charge in [0.1, 0.15) is 5.82 Å². The van der Waals surface area contributed by atoms with E-state index in [1.165, 1.54) is 12.1 Å². The molecule has 3 aromatic rings. The van der Waals surface area contributed by atoms with Gasteiger partial charge in [-0.15, -0.1) is 0 Å². The zero-order valence-corrected chi connectivity index (χ0v) is 15.1. The standard InChI is InChI=1S/C21H16ClFN2O2/c22-12-5-6-16-13(9-12)14(10-18(26)24-16)20(27)25-11-21(7-2-8-21)19-15(23)3-1-4-17(19)25/h1,3-6,9-10H,2,7-8,11H2,(H,24,26). The Kier molecular flexibility index (Phi) is 3.46. The summed E-state index contributed by atoms with van der Waals surface area (Å²) in [6, 6.07) is 11.2. The third kappa shape index (κ3) is 2.34. The fourth-order valence-electron chi connectivity index (χ4n) is 4.47. The van der Waals surface area contributed by atoms with E-state index in [9.17, 15) is 14.0 Å². The number of nitrogens with one attached hydrogen (secondary N) is 1. The number of amides is 1. The molecule has 0 bridgehead atoms. The highest BCUT2D eigenvalue weighted by Gasteiger charge is 2.50. The number of carbonyl (C=O) groups is 1. The minimum Gasteiger partial charge on any atom is -0.322 e. The molecule has 1 aliphatic carbocycles. The van der Waals surface area contributed by atoms with Gasteiger partial charge in [0.05, 0.1) is 11.3 Å². The van der Waals surface area contributed by atoms with Crippen LogP contribution in [0.4, 0.5) is 10.1 Å². The summed E-state index contributed by atoms with van der Waals surface area (Å²) in [7, 11) is 0. The first kappa shape index (κ1) is 16.5. The number of hydrogen-bond donors (Lipinski definition) is 1. The summed E-state index contributed by atoms with van der Waals surface area (Å²) in [4.78, 5) is 29.9. The predicted molar refractivity (Wildman–Crippen MR) is 103 cm³/mol. The smallest absolute Gasteiger partial charge is 0.259 e. The van der Waals surface area contributed by atoms with E-state index < -0.39 is 0 Å². The van der Waals surface area contributed by atoms with Crippen LogP contribution in [-0.2, 0) is 5.41 Å². The Labute approximate surface area is 159 Å². The van der Waals surface area contributed by atoms with Crippen molar-refractivity contribution in [2.75, 3.05) is 11.4 Å². The molecule has 0 atom stereocenters. The Balaban J connectivity index is 1.68. The number of benzene rings is 2. The van der Waals surface area contributed by atoms with Gasteiger partial charge in [-0.2, -0.15) is 0 Å². The zero-order chi connectivity index (χ0) is 18.8. The van der Waals surface area contributed by atoms with E-state index in [1.54, 1.807) is 35.2 Å². The van der Waals surface area contributed by atoms with Crippen molar-refractivity contribution < 1.29 is 9.18 Å². The maximum atomic E-state index is 14.6. The number of H-pyrrole nitrogens is 1. The lowest BCUT2D eigenvalue weighted by Gasteiger charge is -2.39. The molecule has 1 fully saturated rings. The zero-order valence-electron chi connectivity index (χ0n) is 14.4. The molecule has 6 heteroatoms. The van der Waals surface area contributed by atoms with Crippen LogP contribution in [0.15, 0.2) is 47.3 Å². The molecule has 1 saturated carbocycles. The van der Waals surface area contributed by atoms with Crippen LogP contribution in [-0.4, -0.2) is 17.4 Å². The van der Waals surface area contributed by atoms with Gasteiger partial charge in [-0.05, 0) is 43.2 Å². The van der Waals surface area contributed by atoms with E-state index in [1.807, 2.05) is 0 Å².